The van der Waals surface area contributed by atoms with Crippen LogP contribution >= 0.6 is 0 Å². The summed E-state index contributed by atoms with van der Waals surface area (Å²) in [6, 6.07) is 0. The maximum Gasteiger partial charge on any atom is 0.401 e. The van der Waals surface area contributed by atoms with Gasteiger partial charge in [0.1, 0.15) is 0 Å². The van der Waals surface area contributed by atoms with Crippen LogP contribution in [0.15, 0.2) is 0 Å². The second kappa shape index (κ2) is 6.66. The molecule has 0 bridgehead atoms. The van der Waals surface area contributed by atoms with E-state index in [2.05, 4.69) is 0 Å². The molecule has 16 heavy (non-hydrogen) atoms. The van der Waals surface area contributed by atoms with Crippen molar-refractivity contribution in [1.29, 1.82) is 0 Å². The number of rotatable bonds is 7. The van der Waals surface area contributed by atoms with Gasteiger partial charge in [0.2, 0.25) is 0 Å². The fraction of sp³-hybridized carbons (Fsp3) is 0.875. The molecule has 0 aromatic heterocycles. The molecule has 0 spiro atoms. The van der Waals surface area contributed by atoms with Gasteiger partial charge in [0.15, 0.2) is 0 Å². The van der Waals surface area contributed by atoms with Crippen LogP contribution in [0.5, 0.6) is 0 Å². The first-order chi connectivity index (χ1) is 7.24. The number of halogens is 3. The molecule has 1 unspecified atom stereocenters. The molecule has 0 amide bonds. The van der Waals surface area contributed by atoms with E-state index in [1.807, 2.05) is 0 Å². The van der Waals surface area contributed by atoms with Gasteiger partial charge in [0.05, 0.1) is 25.7 Å². The number of aliphatic carboxylic acids is 1. The van der Waals surface area contributed by atoms with Crippen molar-refractivity contribution in [3.63, 3.8) is 0 Å². The highest BCUT2D eigenvalue weighted by Crippen LogP contribution is 2.16. The zero-order valence-corrected chi connectivity index (χ0v) is 8.44. The molecule has 1 atom stereocenters. The van der Waals surface area contributed by atoms with Crippen molar-refractivity contribution in [2.45, 2.75) is 18.7 Å². The number of hydrogen-bond donors (Lipinski definition) is 3. The van der Waals surface area contributed by atoms with Crippen LogP contribution in [0.3, 0.4) is 0 Å². The average molecular weight is 245 g/mol. The van der Waals surface area contributed by atoms with Gasteiger partial charge in [-0.2, -0.15) is 13.2 Å². The molecule has 0 saturated carbocycles. The summed E-state index contributed by atoms with van der Waals surface area (Å²) in [7, 11) is 0. The number of nitrogens with zero attached hydrogens (tertiary/aromatic N) is 1. The highest BCUT2D eigenvalue weighted by atomic mass is 19.4. The molecular weight excluding hydrogens is 231 g/mol. The Hall–Kier alpha value is -0.860. The van der Waals surface area contributed by atoms with E-state index >= 15 is 0 Å². The lowest BCUT2D eigenvalue weighted by Gasteiger charge is -2.24. The van der Waals surface area contributed by atoms with Crippen molar-refractivity contribution in [2.75, 3.05) is 26.2 Å². The third kappa shape index (κ3) is 8.45. The van der Waals surface area contributed by atoms with Crippen molar-refractivity contribution >= 4 is 5.97 Å². The van der Waals surface area contributed by atoms with E-state index in [4.69, 9.17) is 15.3 Å². The number of hydrogen-bond acceptors (Lipinski definition) is 4. The van der Waals surface area contributed by atoms with Gasteiger partial charge in [-0.3, -0.25) is 9.69 Å². The van der Waals surface area contributed by atoms with Crippen LogP contribution in [-0.4, -0.2) is 64.7 Å². The van der Waals surface area contributed by atoms with Crippen LogP contribution in [0.2, 0.25) is 0 Å². The molecule has 0 rings (SSSR count). The molecule has 0 fully saturated rings. The van der Waals surface area contributed by atoms with Gasteiger partial charge in [-0.25, -0.2) is 0 Å². The smallest absolute Gasteiger partial charge is 0.401 e. The Morgan fingerprint density at radius 1 is 1.38 bits per heavy atom. The average Bonchev–Trinajstić information content (AvgIpc) is 1.98. The van der Waals surface area contributed by atoms with Crippen molar-refractivity contribution in [3.05, 3.63) is 0 Å². The first kappa shape index (κ1) is 15.1. The summed E-state index contributed by atoms with van der Waals surface area (Å²) in [5.74, 6) is -1.29. The summed E-state index contributed by atoms with van der Waals surface area (Å²) >= 11 is 0. The summed E-state index contributed by atoms with van der Waals surface area (Å²) in [6.07, 6.45) is -6.45. The molecule has 0 aromatic carbocycles. The molecular formula is C8H14F3NO4. The Bertz CT molecular complexity index is 222. The number of aliphatic hydroxyl groups is 2. The largest absolute Gasteiger partial charge is 0.481 e. The second-order valence-corrected chi connectivity index (χ2v) is 3.33. The predicted molar refractivity (Wildman–Crippen MR) is 47.8 cm³/mol. The van der Waals surface area contributed by atoms with Crippen LogP contribution in [0, 0.1) is 0 Å². The maximum atomic E-state index is 12.0. The van der Waals surface area contributed by atoms with Crippen LogP contribution in [0.25, 0.3) is 0 Å². The molecule has 8 heteroatoms. The highest BCUT2D eigenvalue weighted by Gasteiger charge is 2.31. The van der Waals surface area contributed by atoms with Crippen LogP contribution in [0.4, 0.5) is 13.2 Å². The lowest BCUT2D eigenvalue weighted by molar-refractivity contribution is -0.150. The monoisotopic (exact) mass is 245 g/mol. The van der Waals surface area contributed by atoms with E-state index in [-0.39, 0.29) is 6.54 Å². The Morgan fingerprint density at radius 2 is 1.94 bits per heavy atom. The van der Waals surface area contributed by atoms with Gasteiger partial charge in [-0.05, 0) is 0 Å². The molecule has 0 aliphatic carbocycles. The third-order valence-corrected chi connectivity index (χ3v) is 1.70. The summed E-state index contributed by atoms with van der Waals surface area (Å²) in [6.45, 7) is -2.48. The number of aliphatic hydroxyl groups excluding tert-OH is 2. The van der Waals surface area contributed by atoms with Gasteiger partial charge in [-0.1, -0.05) is 0 Å². The summed E-state index contributed by atoms with van der Waals surface area (Å²) in [5.41, 5.74) is 0. The van der Waals surface area contributed by atoms with Crippen LogP contribution < -0.4 is 0 Å². The lowest BCUT2D eigenvalue weighted by atomic mass is 10.2. The fourth-order valence-electron chi connectivity index (χ4n) is 1.19. The minimum Gasteiger partial charge on any atom is -0.481 e. The quantitative estimate of drug-likeness (QED) is 0.572. The number of carbonyl (C=O) groups is 1. The molecule has 0 saturated heterocycles. The zero-order valence-electron chi connectivity index (χ0n) is 8.44. The molecule has 5 nitrogen and oxygen atoms in total. The van der Waals surface area contributed by atoms with E-state index in [1.165, 1.54) is 0 Å². The van der Waals surface area contributed by atoms with Crippen molar-refractivity contribution < 1.29 is 33.3 Å². The minimum atomic E-state index is -4.45. The van der Waals surface area contributed by atoms with Gasteiger partial charge >= 0.3 is 12.1 Å². The van der Waals surface area contributed by atoms with Crippen LogP contribution in [0.1, 0.15) is 6.42 Å². The zero-order chi connectivity index (χ0) is 12.8. The second-order valence-electron chi connectivity index (χ2n) is 3.33. The van der Waals surface area contributed by atoms with Crippen molar-refractivity contribution in [3.8, 4) is 0 Å². The Labute approximate surface area is 90.1 Å². The standard InChI is InChI=1S/C8H14F3NO4/c9-8(10,11)5-12(1-2-13)4-6(14)3-7(15)16/h6,13-14H,1-5H2,(H,15,16). The van der Waals surface area contributed by atoms with Gasteiger partial charge in [0.25, 0.3) is 0 Å². The number of carboxylic acid groups (broad SMARTS) is 1. The summed E-state index contributed by atoms with van der Waals surface area (Å²) < 4.78 is 36.1. The molecule has 0 aromatic rings. The topological polar surface area (TPSA) is 81.0 Å². The maximum absolute atomic E-state index is 12.0. The highest BCUT2D eigenvalue weighted by molar-refractivity contribution is 5.67. The number of alkyl halides is 3. The first-order valence-electron chi connectivity index (χ1n) is 4.54. The van der Waals surface area contributed by atoms with Gasteiger partial charge in [0, 0.05) is 13.1 Å². The molecule has 0 aliphatic rings. The van der Waals surface area contributed by atoms with E-state index in [9.17, 15) is 18.0 Å². The first-order valence-corrected chi connectivity index (χ1v) is 4.54. The summed E-state index contributed by atoms with van der Waals surface area (Å²) in [5, 5.41) is 26.0. The van der Waals surface area contributed by atoms with Gasteiger partial charge < -0.3 is 15.3 Å². The predicted octanol–water partition coefficient (Wildman–Crippen LogP) is -0.321. The van der Waals surface area contributed by atoms with E-state index < -0.39 is 44.4 Å². The Balaban J connectivity index is 4.16. The molecule has 96 valence electrons. The van der Waals surface area contributed by atoms with E-state index in [0.717, 1.165) is 4.90 Å². The van der Waals surface area contributed by atoms with Crippen molar-refractivity contribution in [2.24, 2.45) is 0 Å². The molecule has 0 heterocycles. The normalized spacial score (nSPS) is 14.1. The molecule has 0 aliphatic heterocycles. The molecule has 0 radical (unpaired) electrons. The summed E-state index contributed by atoms with van der Waals surface area (Å²) in [4.78, 5) is 10.9. The number of carboxylic acids is 1. The molecule has 3 N–H and O–H groups in total. The van der Waals surface area contributed by atoms with E-state index in [0.29, 0.717) is 0 Å². The van der Waals surface area contributed by atoms with Crippen molar-refractivity contribution in [1.82, 2.24) is 4.90 Å². The third-order valence-electron chi connectivity index (χ3n) is 1.70. The van der Waals surface area contributed by atoms with Crippen LogP contribution in [-0.2, 0) is 4.79 Å². The minimum absolute atomic E-state index is 0.268. The Kier molecular flexibility index (Phi) is 6.31. The fourth-order valence-corrected chi connectivity index (χ4v) is 1.19. The SMILES string of the molecule is O=C(O)CC(O)CN(CCO)CC(F)(F)F. The van der Waals surface area contributed by atoms with Gasteiger partial charge in [-0.15, -0.1) is 0 Å². The lowest BCUT2D eigenvalue weighted by Crippen LogP contribution is -2.41. The van der Waals surface area contributed by atoms with E-state index in [1.54, 1.807) is 0 Å². The Morgan fingerprint density at radius 3 is 2.31 bits per heavy atom.